The van der Waals surface area contributed by atoms with Crippen LogP contribution in [0.25, 0.3) is 5.69 Å². The molecule has 190 valence electrons. The average molecular weight is 520 g/mol. The lowest BCUT2D eigenvalue weighted by Gasteiger charge is -2.22. The van der Waals surface area contributed by atoms with E-state index in [0.717, 1.165) is 4.31 Å². The van der Waals surface area contributed by atoms with Crippen molar-refractivity contribution in [2.45, 2.75) is 11.8 Å². The highest BCUT2D eigenvalue weighted by Crippen LogP contribution is 2.25. The Labute approximate surface area is 213 Å². The normalized spacial score (nSPS) is 11.5. The van der Waals surface area contributed by atoms with E-state index in [1.165, 1.54) is 33.8 Å². The first-order valence-electron chi connectivity index (χ1n) is 11.2. The molecule has 2 N–H and O–H groups in total. The molecule has 0 aliphatic carbocycles. The van der Waals surface area contributed by atoms with Gasteiger partial charge >= 0.3 is 0 Å². The minimum atomic E-state index is -4.31. The Morgan fingerprint density at radius 2 is 1.59 bits per heavy atom. The van der Waals surface area contributed by atoms with Gasteiger partial charge in [0.15, 0.2) is 0 Å². The summed E-state index contributed by atoms with van der Waals surface area (Å²) >= 11 is 0. The molecule has 0 saturated heterocycles. The molecule has 0 aliphatic heterocycles. The Kier molecular flexibility index (Phi) is 7.25. The van der Waals surface area contributed by atoms with Crippen LogP contribution >= 0.6 is 0 Å². The average Bonchev–Trinajstić information content (AvgIpc) is 3.12. The van der Waals surface area contributed by atoms with Crippen molar-refractivity contribution in [2.24, 2.45) is 12.1 Å². The van der Waals surface area contributed by atoms with E-state index in [4.69, 9.17) is 0 Å². The fourth-order valence-electron chi connectivity index (χ4n) is 3.78. The summed E-state index contributed by atoms with van der Waals surface area (Å²) in [6.45, 7) is 0.905. The van der Waals surface area contributed by atoms with E-state index in [0.29, 0.717) is 16.9 Å². The summed E-state index contributed by atoms with van der Waals surface area (Å²) in [6, 6.07) is 22.7. The van der Waals surface area contributed by atoms with Crippen LogP contribution in [0.3, 0.4) is 0 Å². The van der Waals surface area contributed by atoms with Crippen LogP contribution in [0.2, 0.25) is 0 Å². The molecule has 4 rings (SSSR count). The van der Waals surface area contributed by atoms with Gasteiger partial charge in [-0.05, 0) is 43.3 Å². The molecule has 0 saturated carbocycles. The number of hydrogen-bond donors (Lipinski definition) is 2. The standard InChI is InChI=1S/C26H25N5O5S/c1-19-25(26(34)31(29(19)2)21-12-5-3-6-13-21)30(37(35,36)22-14-7-4-8-15-22)18-24(33)28-27-17-20-11-9-10-16-23(20)32/h3-17,32H,18H2,1-2H3,(H,28,33)/b27-17-. The number of sulfonamides is 1. The molecule has 0 radical (unpaired) electrons. The van der Waals surface area contributed by atoms with E-state index >= 15 is 0 Å². The number of nitrogens with zero attached hydrogens (tertiary/aromatic N) is 4. The van der Waals surface area contributed by atoms with E-state index in [1.807, 2.05) is 0 Å². The molecule has 0 aliphatic rings. The number of carbonyl (C=O) groups excluding carboxylic acids is 1. The molecule has 0 bridgehead atoms. The number of para-hydroxylation sites is 2. The smallest absolute Gasteiger partial charge is 0.296 e. The van der Waals surface area contributed by atoms with Gasteiger partial charge in [0.1, 0.15) is 18.0 Å². The third-order valence-electron chi connectivity index (χ3n) is 5.72. The van der Waals surface area contributed by atoms with Gasteiger partial charge < -0.3 is 5.11 Å². The van der Waals surface area contributed by atoms with Crippen molar-refractivity contribution < 1.29 is 18.3 Å². The number of hydrazone groups is 1. The number of anilines is 1. The Balaban J connectivity index is 1.75. The zero-order valence-electron chi connectivity index (χ0n) is 20.1. The third-order valence-corrected chi connectivity index (χ3v) is 7.48. The fourth-order valence-corrected chi connectivity index (χ4v) is 5.27. The summed E-state index contributed by atoms with van der Waals surface area (Å²) in [5, 5.41) is 13.7. The zero-order chi connectivity index (χ0) is 26.6. The quantitative estimate of drug-likeness (QED) is 0.273. The van der Waals surface area contributed by atoms with Gasteiger partial charge in [0, 0.05) is 12.6 Å². The number of aromatic nitrogens is 2. The number of carbonyl (C=O) groups is 1. The summed E-state index contributed by atoms with van der Waals surface area (Å²) in [5.41, 5.74) is 2.76. The fraction of sp³-hybridized carbons (Fsp3) is 0.115. The van der Waals surface area contributed by atoms with Gasteiger partial charge in [0.25, 0.3) is 21.5 Å². The second-order valence-electron chi connectivity index (χ2n) is 8.09. The summed E-state index contributed by atoms with van der Waals surface area (Å²) in [6.07, 6.45) is 1.24. The summed E-state index contributed by atoms with van der Waals surface area (Å²) < 4.78 is 31.0. The van der Waals surface area contributed by atoms with Crippen molar-refractivity contribution in [3.8, 4) is 11.4 Å². The van der Waals surface area contributed by atoms with Crippen molar-refractivity contribution in [1.29, 1.82) is 0 Å². The molecule has 1 aromatic heterocycles. The maximum atomic E-state index is 13.7. The van der Waals surface area contributed by atoms with Gasteiger partial charge in [-0.3, -0.25) is 14.3 Å². The summed E-state index contributed by atoms with van der Waals surface area (Å²) in [4.78, 5) is 26.4. The third kappa shape index (κ3) is 5.16. The molecule has 1 heterocycles. The first-order valence-corrected chi connectivity index (χ1v) is 12.7. The molecule has 1 amide bonds. The SMILES string of the molecule is Cc1c(N(CC(=O)N/N=C\c2ccccc2O)S(=O)(=O)c2ccccc2)c(=O)n(-c2ccccc2)n1C. The van der Waals surface area contributed by atoms with Gasteiger partial charge in [0.05, 0.1) is 22.5 Å². The minimum absolute atomic E-state index is 0.0323. The van der Waals surface area contributed by atoms with Crippen LogP contribution < -0.4 is 15.3 Å². The van der Waals surface area contributed by atoms with Crippen LogP contribution in [0.1, 0.15) is 11.3 Å². The van der Waals surface area contributed by atoms with Gasteiger partial charge in [0.2, 0.25) is 0 Å². The van der Waals surface area contributed by atoms with E-state index in [-0.39, 0.29) is 16.3 Å². The maximum absolute atomic E-state index is 13.7. The lowest BCUT2D eigenvalue weighted by molar-refractivity contribution is -0.119. The summed E-state index contributed by atoms with van der Waals surface area (Å²) in [5.74, 6) is -0.810. The topological polar surface area (TPSA) is 126 Å². The van der Waals surface area contributed by atoms with Gasteiger partial charge in [-0.1, -0.05) is 48.5 Å². The Hall–Kier alpha value is -4.64. The Bertz CT molecular complexity index is 1610. The van der Waals surface area contributed by atoms with E-state index in [2.05, 4.69) is 10.5 Å². The Morgan fingerprint density at radius 1 is 1.00 bits per heavy atom. The summed E-state index contributed by atoms with van der Waals surface area (Å²) in [7, 11) is -2.67. The number of rotatable bonds is 8. The van der Waals surface area contributed by atoms with Gasteiger partial charge in [-0.25, -0.2) is 22.8 Å². The predicted molar refractivity (Wildman–Crippen MR) is 141 cm³/mol. The highest BCUT2D eigenvalue weighted by Gasteiger charge is 2.33. The molecule has 10 nitrogen and oxygen atoms in total. The molecular weight excluding hydrogens is 494 g/mol. The van der Waals surface area contributed by atoms with Crippen LogP contribution in [0.15, 0.2) is 99.7 Å². The van der Waals surface area contributed by atoms with Crippen molar-refractivity contribution >= 4 is 27.8 Å². The highest BCUT2D eigenvalue weighted by atomic mass is 32.2. The number of phenolic OH excluding ortho intramolecular Hbond substituents is 1. The second kappa shape index (κ2) is 10.5. The highest BCUT2D eigenvalue weighted by molar-refractivity contribution is 7.92. The van der Waals surface area contributed by atoms with Crippen molar-refractivity contribution in [3.63, 3.8) is 0 Å². The molecular formula is C26H25N5O5S. The van der Waals surface area contributed by atoms with E-state index in [9.17, 15) is 23.1 Å². The molecule has 4 aromatic rings. The lowest BCUT2D eigenvalue weighted by atomic mass is 10.2. The minimum Gasteiger partial charge on any atom is -0.507 e. The van der Waals surface area contributed by atoms with Crippen LogP contribution in [0.5, 0.6) is 5.75 Å². The molecule has 0 atom stereocenters. The molecule has 0 unspecified atom stereocenters. The number of phenols is 1. The Morgan fingerprint density at radius 3 is 2.24 bits per heavy atom. The van der Waals surface area contributed by atoms with Crippen LogP contribution in [-0.4, -0.2) is 41.6 Å². The van der Waals surface area contributed by atoms with Crippen LogP contribution in [-0.2, 0) is 21.9 Å². The predicted octanol–water partition coefficient (Wildman–Crippen LogP) is 2.54. The zero-order valence-corrected chi connectivity index (χ0v) is 21.0. The number of benzene rings is 3. The molecule has 37 heavy (non-hydrogen) atoms. The van der Waals surface area contributed by atoms with Gasteiger partial charge in [-0.2, -0.15) is 5.10 Å². The molecule has 11 heteroatoms. The van der Waals surface area contributed by atoms with Crippen LogP contribution in [0, 0.1) is 6.92 Å². The largest absolute Gasteiger partial charge is 0.507 e. The first-order chi connectivity index (χ1) is 17.7. The van der Waals surface area contributed by atoms with Crippen molar-refractivity contribution in [3.05, 3.63) is 107 Å². The maximum Gasteiger partial charge on any atom is 0.296 e. The molecule has 3 aromatic carbocycles. The number of nitrogens with one attached hydrogen (secondary N) is 1. The monoisotopic (exact) mass is 519 g/mol. The first kappa shape index (κ1) is 25.5. The van der Waals surface area contributed by atoms with Crippen molar-refractivity contribution in [2.75, 3.05) is 10.8 Å². The lowest BCUT2D eigenvalue weighted by Crippen LogP contribution is -2.42. The second-order valence-corrected chi connectivity index (χ2v) is 9.95. The number of amides is 1. The number of aromatic hydroxyl groups is 1. The molecule has 0 fully saturated rings. The van der Waals surface area contributed by atoms with E-state index < -0.39 is 28.0 Å². The van der Waals surface area contributed by atoms with Crippen LogP contribution in [0.4, 0.5) is 5.69 Å². The number of hydrogen-bond acceptors (Lipinski definition) is 6. The van der Waals surface area contributed by atoms with E-state index in [1.54, 1.807) is 80.7 Å². The van der Waals surface area contributed by atoms with Crippen molar-refractivity contribution in [1.82, 2.24) is 14.8 Å². The van der Waals surface area contributed by atoms with Gasteiger partial charge in [-0.15, -0.1) is 0 Å². The molecule has 0 spiro atoms.